The second kappa shape index (κ2) is 7.62. The van der Waals surface area contributed by atoms with Crippen molar-refractivity contribution in [3.8, 4) is 22.1 Å². The van der Waals surface area contributed by atoms with Gasteiger partial charge >= 0.3 is 0 Å². The number of carbonyl (C=O) groups excluding carboxylic acids is 1. The van der Waals surface area contributed by atoms with Gasteiger partial charge in [-0.3, -0.25) is 4.79 Å². The smallest absolute Gasteiger partial charge is 0.254 e. The number of halogens is 2. The van der Waals surface area contributed by atoms with Crippen molar-refractivity contribution in [3.63, 3.8) is 0 Å². The molecule has 0 spiro atoms. The lowest BCUT2D eigenvalue weighted by atomic mass is 10.2. The molecule has 1 aliphatic rings. The molecule has 9 heteroatoms. The van der Waals surface area contributed by atoms with Crippen molar-refractivity contribution < 1.29 is 9.18 Å². The molecular formula is C21H15ClFN5OS. The van der Waals surface area contributed by atoms with Crippen LogP contribution in [0.25, 0.3) is 22.1 Å². The Hall–Kier alpha value is -3.10. The number of benzene rings is 2. The van der Waals surface area contributed by atoms with E-state index in [1.165, 1.54) is 35.6 Å². The Kier molecular flexibility index (Phi) is 4.80. The summed E-state index contributed by atoms with van der Waals surface area (Å²) < 4.78 is 15.1. The second-order valence-corrected chi connectivity index (χ2v) is 8.11. The van der Waals surface area contributed by atoms with Gasteiger partial charge in [-0.1, -0.05) is 29.8 Å². The van der Waals surface area contributed by atoms with Gasteiger partial charge in [0.25, 0.3) is 5.91 Å². The third-order valence-corrected chi connectivity index (χ3v) is 6.17. The van der Waals surface area contributed by atoms with Gasteiger partial charge in [-0.2, -0.15) is 0 Å². The molecular weight excluding hydrogens is 425 g/mol. The zero-order valence-corrected chi connectivity index (χ0v) is 17.2. The third kappa shape index (κ3) is 3.38. The SMILES string of the molecule is O=C(c1ccc(F)cc1)N1CCn2c(nnc2-c2csc(-c3ccccc3Cl)n2)C1. The number of nitrogens with zero attached hydrogens (tertiary/aromatic N) is 5. The largest absolute Gasteiger partial charge is 0.329 e. The highest BCUT2D eigenvalue weighted by molar-refractivity contribution is 7.13. The molecule has 0 atom stereocenters. The number of rotatable bonds is 3. The van der Waals surface area contributed by atoms with Crippen molar-refractivity contribution in [1.82, 2.24) is 24.6 Å². The first-order valence-corrected chi connectivity index (χ1v) is 10.5. The minimum Gasteiger partial charge on any atom is -0.329 e. The number of hydrogen-bond donors (Lipinski definition) is 0. The average Bonchev–Trinajstić information content (AvgIpc) is 3.40. The van der Waals surface area contributed by atoms with E-state index in [0.29, 0.717) is 41.9 Å². The summed E-state index contributed by atoms with van der Waals surface area (Å²) in [5.74, 6) is 0.849. The maximum absolute atomic E-state index is 13.1. The molecule has 0 aliphatic carbocycles. The third-order valence-electron chi connectivity index (χ3n) is 4.97. The Morgan fingerprint density at radius 2 is 1.87 bits per heavy atom. The first kappa shape index (κ1) is 18.9. The molecule has 0 N–H and O–H groups in total. The molecule has 150 valence electrons. The molecule has 2 aromatic carbocycles. The molecule has 4 aromatic rings. The van der Waals surface area contributed by atoms with E-state index in [4.69, 9.17) is 16.6 Å². The standard InChI is InChI=1S/C21H15ClFN5OS/c22-16-4-2-1-3-15(16)20-24-17(12-30-20)19-26-25-18-11-27(9-10-28(18)19)21(29)13-5-7-14(23)8-6-13/h1-8,12H,9-11H2. The molecule has 0 saturated carbocycles. The molecule has 5 rings (SSSR count). The number of amides is 1. The fraction of sp³-hybridized carbons (Fsp3) is 0.143. The summed E-state index contributed by atoms with van der Waals surface area (Å²) in [5.41, 5.74) is 2.06. The Labute approximate surface area is 180 Å². The number of fused-ring (bicyclic) bond motifs is 1. The summed E-state index contributed by atoms with van der Waals surface area (Å²) >= 11 is 7.79. The van der Waals surface area contributed by atoms with Crippen LogP contribution in [0, 0.1) is 5.82 Å². The van der Waals surface area contributed by atoms with E-state index in [1.807, 2.05) is 34.2 Å². The van der Waals surface area contributed by atoms with Gasteiger partial charge in [0.1, 0.15) is 16.5 Å². The normalized spacial score (nSPS) is 13.3. The Morgan fingerprint density at radius 3 is 2.67 bits per heavy atom. The lowest BCUT2D eigenvalue weighted by molar-refractivity contribution is 0.0708. The molecule has 30 heavy (non-hydrogen) atoms. The van der Waals surface area contributed by atoms with Gasteiger partial charge in [-0.25, -0.2) is 9.37 Å². The van der Waals surface area contributed by atoms with Crippen LogP contribution in [-0.2, 0) is 13.1 Å². The van der Waals surface area contributed by atoms with E-state index >= 15 is 0 Å². The molecule has 0 bridgehead atoms. The van der Waals surface area contributed by atoms with E-state index < -0.39 is 0 Å². The van der Waals surface area contributed by atoms with Crippen molar-refractivity contribution in [3.05, 3.63) is 76.1 Å². The number of thiazole rings is 1. The van der Waals surface area contributed by atoms with Crippen LogP contribution in [0.3, 0.4) is 0 Å². The first-order chi connectivity index (χ1) is 14.6. The van der Waals surface area contributed by atoms with Gasteiger partial charge in [-0.05, 0) is 30.3 Å². The van der Waals surface area contributed by atoms with Gasteiger partial charge in [0.2, 0.25) is 0 Å². The molecule has 0 unspecified atom stereocenters. The maximum atomic E-state index is 13.1. The molecule has 2 aromatic heterocycles. The molecule has 0 radical (unpaired) electrons. The molecule has 1 amide bonds. The Morgan fingerprint density at radius 1 is 1.07 bits per heavy atom. The monoisotopic (exact) mass is 439 g/mol. The fourth-order valence-electron chi connectivity index (χ4n) is 3.43. The van der Waals surface area contributed by atoms with Crippen molar-refractivity contribution in [2.24, 2.45) is 0 Å². The lowest BCUT2D eigenvalue weighted by Crippen LogP contribution is -2.38. The summed E-state index contributed by atoms with van der Waals surface area (Å²) in [5, 5.41) is 12.0. The lowest BCUT2D eigenvalue weighted by Gasteiger charge is -2.27. The van der Waals surface area contributed by atoms with Crippen LogP contribution < -0.4 is 0 Å². The van der Waals surface area contributed by atoms with E-state index in [-0.39, 0.29) is 11.7 Å². The molecule has 6 nitrogen and oxygen atoms in total. The predicted molar refractivity (Wildman–Crippen MR) is 113 cm³/mol. The summed E-state index contributed by atoms with van der Waals surface area (Å²) in [6, 6.07) is 13.1. The van der Waals surface area contributed by atoms with Crippen molar-refractivity contribution in [2.45, 2.75) is 13.1 Å². The summed E-state index contributed by atoms with van der Waals surface area (Å²) in [4.78, 5) is 19.1. The van der Waals surface area contributed by atoms with Crippen LogP contribution in [0.4, 0.5) is 4.39 Å². The highest BCUT2D eigenvalue weighted by atomic mass is 35.5. The van der Waals surface area contributed by atoms with Crippen LogP contribution in [0.15, 0.2) is 53.9 Å². The van der Waals surface area contributed by atoms with E-state index in [2.05, 4.69) is 10.2 Å². The topological polar surface area (TPSA) is 63.9 Å². The van der Waals surface area contributed by atoms with Crippen molar-refractivity contribution >= 4 is 28.8 Å². The van der Waals surface area contributed by atoms with Gasteiger partial charge in [0, 0.05) is 29.6 Å². The van der Waals surface area contributed by atoms with Crippen LogP contribution in [0.5, 0.6) is 0 Å². The van der Waals surface area contributed by atoms with Gasteiger partial charge in [-0.15, -0.1) is 21.5 Å². The second-order valence-electron chi connectivity index (χ2n) is 6.84. The molecule has 1 aliphatic heterocycles. The zero-order chi connectivity index (χ0) is 20.7. The fourth-order valence-corrected chi connectivity index (χ4v) is 4.55. The molecule has 3 heterocycles. The minimum atomic E-state index is -0.367. The Bertz CT molecular complexity index is 1240. The molecule has 0 saturated heterocycles. The molecule has 0 fully saturated rings. The van der Waals surface area contributed by atoms with Gasteiger partial charge in [0.15, 0.2) is 11.6 Å². The summed E-state index contributed by atoms with van der Waals surface area (Å²) in [6.07, 6.45) is 0. The summed E-state index contributed by atoms with van der Waals surface area (Å²) in [7, 11) is 0. The van der Waals surface area contributed by atoms with Crippen LogP contribution in [-0.4, -0.2) is 37.1 Å². The number of carbonyl (C=O) groups is 1. The summed E-state index contributed by atoms with van der Waals surface area (Å²) in [6.45, 7) is 1.41. The van der Waals surface area contributed by atoms with Crippen molar-refractivity contribution in [1.29, 1.82) is 0 Å². The van der Waals surface area contributed by atoms with Crippen LogP contribution in [0.1, 0.15) is 16.2 Å². The number of hydrogen-bond acceptors (Lipinski definition) is 5. The predicted octanol–water partition coefficient (Wildman–Crippen LogP) is 4.52. The first-order valence-electron chi connectivity index (χ1n) is 9.28. The average molecular weight is 440 g/mol. The van der Waals surface area contributed by atoms with E-state index in [0.717, 1.165) is 16.3 Å². The van der Waals surface area contributed by atoms with Crippen LogP contribution in [0.2, 0.25) is 5.02 Å². The van der Waals surface area contributed by atoms with E-state index in [9.17, 15) is 9.18 Å². The number of aromatic nitrogens is 4. The minimum absolute atomic E-state index is 0.152. The van der Waals surface area contributed by atoms with Gasteiger partial charge in [0.05, 0.1) is 11.6 Å². The van der Waals surface area contributed by atoms with Gasteiger partial charge < -0.3 is 9.47 Å². The Balaban J connectivity index is 1.39. The van der Waals surface area contributed by atoms with E-state index in [1.54, 1.807) is 4.90 Å². The van der Waals surface area contributed by atoms with Crippen molar-refractivity contribution in [2.75, 3.05) is 6.54 Å². The quantitative estimate of drug-likeness (QED) is 0.471. The highest BCUT2D eigenvalue weighted by Crippen LogP contribution is 2.33. The van der Waals surface area contributed by atoms with Crippen LogP contribution >= 0.6 is 22.9 Å². The zero-order valence-electron chi connectivity index (χ0n) is 15.6. The maximum Gasteiger partial charge on any atom is 0.254 e. The highest BCUT2D eigenvalue weighted by Gasteiger charge is 2.26.